The summed E-state index contributed by atoms with van der Waals surface area (Å²) in [5, 5.41) is 6.23. The summed E-state index contributed by atoms with van der Waals surface area (Å²) < 4.78 is 26.6. The van der Waals surface area contributed by atoms with Crippen LogP contribution in [0, 0.1) is 6.92 Å². The fourth-order valence-corrected chi connectivity index (χ4v) is 3.25. The molecule has 0 aliphatic heterocycles. The van der Waals surface area contributed by atoms with Crippen molar-refractivity contribution in [2.45, 2.75) is 18.2 Å². The zero-order chi connectivity index (χ0) is 14.6. The SMILES string of the molecule is Cc1ccc(N(CCCN)S(=O)(=O)c2cn[nH]c2)cc1. The zero-order valence-corrected chi connectivity index (χ0v) is 12.1. The largest absolute Gasteiger partial charge is 0.330 e. The summed E-state index contributed by atoms with van der Waals surface area (Å²) in [7, 11) is -3.61. The van der Waals surface area contributed by atoms with Gasteiger partial charge < -0.3 is 5.73 Å². The highest BCUT2D eigenvalue weighted by Crippen LogP contribution is 2.23. The molecule has 0 saturated carbocycles. The number of sulfonamides is 1. The van der Waals surface area contributed by atoms with E-state index >= 15 is 0 Å². The van der Waals surface area contributed by atoms with Gasteiger partial charge in [-0.2, -0.15) is 5.10 Å². The lowest BCUT2D eigenvalue weighted by Crippen LogP contribution is -2.32. The van der Waals surface area contributed by atoms with Crippen LogP contribution in [0.1, 0.15) is 12.0 Å². The average Bonchev–Trinajstić information content (AvgIpc) is 2.96. The fourth-order valence-electron chi connectivity index (χ4n) is 1.84. The number of nitrogens with two attached hydrogens (primary N) is 1. The molecule has 0 unspecified atom stereocenters. The van der Waals surface area contributed by atoms with Crippen LogP contribution in [-0.4, -0.2) is 31.7 Å². The monoisotopic (exact) mass is 294 g/mol. The van der Waals surface area contributed by atoms with E-state index in [0.29, 0.717) is 25.2 Å². The lowest BCUT2D eigenvalue weighted by atomic mass is 10.2. The van der Waals surface area contributed by atoms with Crippen molar-refractivity contribution >= 4 is 15.7 Å². The van der Waals surface area contributed by atoms with Gasteiger partial charge >= 0.3 is 0 Å². The molecule has 1 heterocycles. The van der Waals surface area contributed by atoms with E-state index in [-0.39, 0.29) is 4.90 Å². The van der Waals surface area contributed by atoms with Gasteiger partial charge in [0.2, 0.25) is 0 Å². The van der Waals surface area contributed by atoms with E-state index < -0.39 is 10.0 Å². The van der Waals surface area contributed by atoms with Crippen LogP contribution < -0.4 is 10.0 Å². The van der Waals surface area contributed by atoms with Gasteiger partial charge in [0, 0.05) is 12.7 Å². The normalized spacial score (nSPS) is 11.5. The summed E-state index contributed by atoms with van der Waals surface area (Å²) in [6.45, 7) is 2.73. The summed E-state index contributed by atoms with van der Waals surface area (Å²) >= 11 is 0. The van der Waals surface area contributed by atoms with Gasteiger partial charge in [0.1, 0.15) is 4.90 Å². The second-order valence-corrected chi connectivity index (χ2v) is 6.35. The van der Waals surface area contributed by atoms with Gasteiger partial charge in [-0.25, -0.2) is 8.42 Å². The Balaban J connectivity index is 2.40. The molecule has 0 bridgehead atoms. The van der Waals surface area contributed by atoms with Crippen molar-refractivity contribution in [3.63, 3.8) is 0 Å². The van der Waals surface area contributed by atoms with E-state index in [1.807, 2.05) is 19.1 Å². The van der Waals surface area contributed by atoms with Crippen LogP contribution in [0.25, 0.3) is 0 Å². The van der Waals surface area contributed by atoms with Gasteiger partial charge in [0.05, 0.1) is 11.9 Å². The van der Waals surface area contributed by atoms with Gasteiger partial charge in [-0.05, 0) is 32.0 Å². The zero-order valence-electron chi connectivity index (χ0n) is 11.3. The first kappa shape index (κ1) is 14.5. The highest BCUT2D eigenvalue weighted by atomic mass is 32.2. The third-order valence-electron chi connectivity index (χ3n) is 2.95. The maximum Gasteiger partial charge on any atom is 0.267 e. The molecule has 0 fully saturated rings. The second kappa shape index (κ2) is 6.06. The molecular weight excluding hydrogens is 276 g/mol. The average molecular weight is 294 g/mol. The first-order valence-electron chi connectivity index (χ1n) is 6.34. The van der Waals surface area contributed by atoms with Crippen LogP contribution in [-0.2, 0) is 10.0 Å². The maximum atomic E-state index is 12.6. The molecule has 0 atom stereocenters. The minimum absolute atomic E-state index is 0.148. The topological polar surface area (TPSA) is 92.1 Å². The molecule has 3 N–H and O–H groups in total. The molecule has 0 spiro atoms. The molecule has 0 saturated heterocycles. The van der Waals surface area contributed by atoms with Crippen LogP contribution in [0.4, 0.5) is 5.69 Å². The van der Waals surface area contributed by atoms with Crippen molar-refractivity contribution in [1.82, 2.24) is 10.2 Å². The van der Waals surface area contributed by atoms with Crippen LogP contribution in [0.15, 0.2) is 41.6 Å². The molecule has 6 nitrogen and oxygen atoms in total. The molecule has 1 aromatic carbocycles. The number of rotatable bonds is 6. The predicted octanol–water partition coefficient (Wildman–Crippen LogP) is 1.26. The second-order valence-electron chi connectivity index (χ2n) is 4.49. The number of anilines is 1. The smallest absolute Gasteiger partial charge is 0.267 e. The van der Waals surface area contributed by atoms with E-state index in [1.54, 1.807) is 12.1 Å². The van der Waals surface area contributed by atoms with Crippen LogP contribution in [0.3, 0.4) is 0 Å². The Labute approximate surface area is 118 Å². The number of aromatic amines is 1. The van der Waals surface area contributed by atoms with Crippen molar-refractivity contribution in [3.05, 3.63) is 42.2 Å². The van der Waals surface area contributed by atoms with Gasteiger partial charge in [-0.1, -0.05) is 17.7 Å². The lowest BCUT2D eigenvalue weighted by molar-refractivity contribution is 0.589. The van der Waals surface area contributed by atoms with Crippen LogP contribution >= 0.6 is 0 Å². The van der Waals surface area contributed by atoms with E-state index in [2.05, 4.69) is 10.2 Å². The molecule has 20 heavy (non-hydrogen) atoms. The number of aryl methyl sites for hydroxylation is 1. The Morgan fingerprint density at radius 3 is 2.55 bits per heavy atom. The van der Waals surface area contributed by atoms with E-state index in [1.165, 1.54) is 16.7 Å². The van der Waals surface area contributed by atoms with Crippen LogP contribution in [0.2, 0.25) is 0 Å². The Kier molecular flexibility index (Phi) is 4.41. The molecule has 0 aliphatic carbocycles. The Hall–Kier alpha value is -1.86. The minimum atomic E-state index is -3.61. The maximum absolute atomic E-state index is 12.6. The summed E-state index contributed by atoms with van der Waals surface area (Å²) in [6, 6.07) is 7.36. The first-order valence-corrected chi connectivity index (χ1v) is 7.78. The molecule has 2 rings (SSSR count). The first-order chi connectivity index (χ1) is 9.55. The molecule has 1 aromatic heterocycles. The van der Waals surface area contributed by atoms with Crippen LogP contribution in [0.5, 0.6) is 0 Å². The Bertz CT molecular complexity index is 636. The Morgan fingerprint density at radius 2 is 2.00 bits per heavy atom. The fraction of sp³-hybridized carbons (Fsp3) is 0.308. The van der Waals surface area contributed by atoms with Gasteiger partial charge in [0.25, 0.3) is 10.0 Å². The number of hydrogen-bond donors (Lipinski definition) is 2. The van der Waals surface area contributed by atoms with E-state index in [4.69, 9.17) is 5.73 Å². The van der Waals surface area contributed by atoms with Crippen molar-refractivity contribution in [3.8, 4) is 0 Å². The predicted molar refractivity (Wildman–Crippen MR) is 78.0 cm³/mol. The van der Waals surface area contributed by atoms with Crippen molar-refractivity contribution in [2.75, 3.05) is 17.4 Å². The molecule has 0 amide bonds. The highest BCUT2D eigenvalue weighted by molar-refractivity contribution is 7.92. The summed E-state index contributed by atoms with van der Waals surface area (Å²) in [6.07, 6.45) is 3.27. The van der Waals surface area contributed by atoms with Crippen molar-refractivity contribution in [1.29, 1.82) is 0 Å². The minimum Gasteiger partial charge on any atom is -0.330 e. The number of H-pyrrole nitrogens is 1. The molecule has 108 valence electrons. The van der Waals surface area contributed by atoms with E-state index in [9.17, 15) is 8.42 Å². The van der Waals surface area contributed by atoms with Gasteiger partial charge in [-0.3, -0.25) is 9.40 Å². The highest BCUT2D eigenvalue weighted by Gasteiger charge is 2.25. The molecule has 0 aliphatic rings. The number of nitrogens with one attached hydrogen (secondary N) is 1. The van der Waals surface area contributed by atoms with Gasteiger partial charge in [0.15, 0.2) is 0 Å². The summed E-state index contributed by atoms with van der Waals surface area (Å²) in [5.41, 5.74) is 7.21. The third kappa shape index (κ3) is 3.00. The molecule has 0 radical (unpaired) electrons. The number of nitrogens with zero attached hydrogens (tertiary/aromatic N) is 2. The summed E-state index contributed by atoms with van der Waals surface area (Å²) in [4.78, 5) is 0.148. The summed E-state index contributed by atoms with van der Waals surface area (Å²) in [5.74, 6) is 0. The Morgan fingerprint density at radius 1 is 1.30 bits per heavy atom. The lowest BCUT2D eigenvalue weighted by Gasteiger charge is -2.23. The third-order valence-corrected chi connectivity index (χ3v) is 4.74. The molecule has 7 heteroatoms. The number of aromatic nitrogens is 2. The molecular formula is C13H18N4O2S. The number of benzene rings is 1. The van der Waals surface area contributed by atoms with Crippen molar-refractivity contribution in [2.24, 2.45) is 5.73 Å². The quantitative estimate of drug-likeness (QED) is 0.839. The molecule has 2 aromatic rings. The van der Waals surface area contributed by atoms with E-state index in [0.717, 1.165) is 5.56 Å². The van der Waals surface area contributed by atoms with Crippen molar-refractivity contribution < 1.29 is 8.42 Å². The standard InChI is InChI=1S/C13H18N4O2S/c1-11-3-5-12(6-4-11)17(8-2-7-14)20(18,19)13-9-15-16-10-13/h3-6,9-10H,2,7-8,14H2,1H3,(H,15,16). The van der Waals surface area contributed by atoms with Gasteiger partial charge in [-0.15, -0.1) is 0 Å². The number of hydrogen-bond acceptors (Lipinski definition) is 4.